The quantitative estimate of drug-likeness (QED) is 0.803. The van der Waals surface area contributed by atoms with Crippen LogP contribution in [0, 0.1) is 0 Å². The van der Waals surface area contributed by atoms with Gasteiger partial charge in [0.15, 0.2) is 0 Å². The molecule has 3 N–H and O–H groups in total. The Morgan fingerprint density at radius 3 is 2.15 bits per heavy atom. The summed E-state index contributed by atoms with van der Waals surface area (Å²) in [4.78, 5) is 22.3. The van der Waals surface area contributed by atoms with Gasteiger partial charge in [-0.15, -0.1) is 0 Å². The number of carbonyl (C=O) groups is 2. The first kappa shape index (κ1) is 13.9. The van der Waals surface area contributed by atoms with E-state index in [-0.39, 0.29) is 27.5 Å². The van der Waals surface area contributed by atoms with Gasteiger partial charge in [0.2, 0.25) is 0 Å². The lowest BCUT2D eigenvalue weighted by molar-refractivity contribution is 0.0688. The summed E-state index contributed by atoms with van der Waals surface area (Å²) in [5.41, 5.74) is 0.437. The van der Waals surface area contributed by atoms with E-state index < -0.39 is 11.9 Å². The zero-order valence-corrected chi connectivity index (χ0v) is 10.9. The lowest BCUT2D eigenvalue weighted by atomic mass is 10.1. The number of carboxylic acid groups (broad SMARTS) is 2. The van der Waals surface area contributed by atoms with E-state index in [1.54, 1.807) is 18.2 Å². The van der Waals surface area contributed by atoms with Crippen molar-refractivity contribution in [2.24, 2.45) is 0 Å². The third-order valence-corrected chi connectivity index (χ3v) is 2.98. The summed E-state index contributed by atoms with van der Waals surface area (Å²) < 4.78 is 0. The molecule has 0 aliphatic rings. The minimum Gasteiger partial charge on any atom is -0.478 e. The van der Waals surface area contributed by atoms with Crippen LogP contribution in [-0.4, -0.2) is 22.2 Å². The second-order valence-electron chi connectivity index (χ2n) is 3.94. The number of aromatic carboxylic acids is 2. The number of anilines is 2. The number of rotatable bonds is 4. The van der Waals surface area contributed by atoms with Crippen molar-refractivity contribution in [1.29, 1.82) is 0 Å². The van der Waals surface area contributed by atoms with E-state index in [0.29, 0.717) is 0 Å². The number of hydrogen-bond acceptors (Lipinski definition) is 3. The van der Waals surface area contributed by atoms with Gasteiger partial charge in [-0.25, -0.2) is 9.59 Å². The molecule has 0 aliphatic heterocycles. The van der Waals surface area contributed by atoms with Crippen LogP contribution >= 0.6 is 11.6 Å². The summed E-state index contributed by atoms with van der Waals surface area (Å²) in [6.07, 6.45) is 0. The lowest BCUT2D eigenvalue weighted by Crippen LogP contribution is -2.06. The highest BCUT2D eigenvalue weighted by atomic mass is 35.5. The zero-order chi connectivity index (χ0) is 14.7. The molecule has 2 rings (SSSR count). The first-order valence-electron chi connectivity index (χ1n) is 5.62. The number of para-hydroxylation sites is 2. The van der Waals surface area contributed by atoms with Gasteiger partial charge in [0.25, 0.3) is 0 Å². The van der Waals surface area contributed by atoms with E-state index in [1.807, 2.05) is 0 Å². The number of carboxylic acids is 2. The van der Waals surface area contributed by atoms with Gasteiger partial charge < -0.3 is 15.5 Å². The van der Waals surface area contributed by atoms with Gasteiger partial charge in [-0.2, -0.15) is 0 Å². The molecule has 0 spiro atoms. The van der Waals surface area contributed by atoms with Crippen molar-refractivity contribution in [3.63, 3.8) is 0 Å². The van der Waals surface area contributed by atoms with E-state index in [9.17, 15) is 9.59 Å². The van der Waals surface area contributed by atoms with Crippen molar-refractivity contribution in [2.75, 3.05) is 5.32 Å². The fourth-order valence-corrected chi connectivity index (χ4v) is 1.96. The topological polar surface area (TPSA) is 86.6 Å². The summed E-state index contributed by atoms with van der Waals surface area (Å²) in [6.45, 7) is 0. The molecule has 0 heterocycles. The number of benzene rings is 2. The molecule has 0 radical (unpaired) electrons. The van der Waals surface area contributed by atoms with Crippen LogP contribution in [0.15, 0.2) is 42.5 Å². The summed E-state index contributed by atoms with van der Waals surface area (Å²) >= 11 is 5.98. The molecule has 6 heteroatoms. The van der Waals surface area contributed by atoms with Crippen molar-refractivity contribution >= 4 is 34.9 Å². The molecule has 0 saturated heterocycles. The average Bonchev–Trinajstić information content (AvgIpc) is 2.41. The first-order valence-corrected chi connectivity index (χ1v) is 5.99. The van der Waals surface area contributed by atoms with Crippen LogP contribution in [0.5, 0.6) is 0 Å². The molecule has 0 bridgehead atoms. The molecule has 5 nitrogen and oxygen atoms in total. The molecule has 102 valence electrons. The van der Waals surface area contributed by atoms with Crippen LogP contribution < -0.4 is 5.32 Å². The van der Waals surface area contributed by atoms with Crippen molar-refractivity contribution in [3.8, 4) is 0 Å². The Kier molecular flexibility index (Phi) is 3.91. The van der Waals surface area contributed by atoms with Crippen LogP contribution in [0.3, 0.4) is 0 Å². The Bertz CT molecular complexity index is 685. The predicted octanol–water partition coefficient (Wildman–Crippen LogP) is 3.48. The molecular weight excluding hydrogens is 282 g/mol. The van der Waals surface area contributed by atoms with Crippen LogP contribution in [0.25, 0.3) is 0 Å². The zero-order valence-electron chi connectivity index (χ0n) is 10.1. The molecule has 20 heavy (non-hydrogen) atoms. The maximum Gasteiger partial charge on any atom is 0.337 e. The molecule has 0 aromatic heterocycles. The standard InChI is InChI=1S/C14H10ClNO4/c15-10-6-3-5-9(14(19)20)12(10)16-11-7-2-1-4-8(11)13(17)18/h1-7,16H,(H,17,18)(H,19,20). The monoisotopic (exact) mass is 291 g/mol. The van der Waals surface area contributed by atoms with Gasteiger partial charge in [-0.05, 0) is 24.3 Å². The third kappa shape index (κ3) is 2.73. The molecule has 2 aromatic carbocycles. The van der Waals surface area contributed by atoms with E-state index in [2.05, 4.69) is 5.32 Å². The minimum absolute atomic E-state index is 0.0299. The summed E-state index contributed by atoms with van der Waals surface area (Å²) in [7, 11) is 0. The van der Waals surface area contributed by atoms with Crippen molar-refractivity contribution in [1.82, 2.24) is 0 Å². The Morgan fingerprint density at radius 1 is 0.900 bits per heavy atom. The van der Waals surface area contributed by atoms with Crippen molar-refractivity contribution < 1.29 is 19.8 Å². The molecular formula is C14H10ClNO4. The predicted molar refractivity (Wildman–Crippen MR) is 75.1 cm³/mol. The Balaban J connectivity index is 2.51. The number of hydrogen-bond donors (Lipinski definition) is 3. The van der Waals surface area contributed by atoms with E-state index >= 15 is 0 Å². The fraction of sp³-hybridized carbons (Fsp3) is 0. The molecule has 0 aliphatic carbocycles. The summed E-state index contributed by atoms with van der Waals surface area (Å²) in [5, 5.41) is 21.2. The normalized spacial score (nSPS) is 10.1. The smallest absolute Gasteiger partial charge is 0.337 e. The van der Waals surface area contributed by atoms with Crippen LogP contribution in [0.1, 0.15) is 20.7 Å². The number of halogens is 1. The Labute approximate surface area is 119 Å². The van der Waals surface area contributed by atoms with Crippen molar-refractivity contribution in [2.45, 2.75) is 0 Å². The highest BCUT2D eigenvalue weighted by Gasteiger charge is 2.16. The summed E-state index contributed by atoms with van der Waals surface area (Å²) in [6, 6.07) is 10.6. The maximum absolute atomic E-state index is 11.2. The van der Waals surface area contributed by atoms with Crippen molar-refractivity contribution in [3.05, 3.63) is 58.6 Å². The van der Waals surface area contributed by atoms with Gasteiger partial charge in [0.05, 0.1) is 27.5 Å². The largest absolute Gasteiger partial charge is 0.478 e. The summed E-state index contributed by atoms with van der Waals surface area (Å²) in [5.74, 6) is -2.26. The Morgan fingerprint density at radius 2 is 1.50 bits per heavy atom. The Hall–Kier alpha value is -2.53. The minimum atomic E-state index is -1.15. The average molecular weight is 292 g/mol. The molecule has 0 atom stereocenters. The molecule has 0 unspecified atom stereocenters. The van der Waals surface area contributed by atoms with Crippen LogP contribution in [-0.2, 0) is 0 Å². The number of nitrogens with one attached hydrogen (secondary N) is 1. The molecule has 0 saturated carbocycles. The first-order chi connectivity index (χ1) is 9.50. The molecule has 0 fully saturated rings. The highest BCUT2D eigenvalue weighted by molar-refractivity contribution is 6.34. The van der Waals surface area contributed by atoms with Gasteiger partial charge in [-0.3, -0.25) is 0 Å². The molecule has 2 aromatic rings. The van der Waals surface area contributed by atoms with Gasteiger partial charge >= 0.3 is 11.9 Å². The lowest BCUT2D eigenvalue weighted by Gasteiger charge is -2.13. The second kappa shape index (κ2) is 5.63. The molecule has 0 amide bonds. The van der Waals surface area contributed by atoms with E-state index in [4.69, 9.17) is 21.8 Å². The van der Waals surface area contributed by atoms with Gasteiger partial charge in [0, 0.05) is 0 Å². The van der Waals surface area contributed by atoms with Crippen LogP contribution in [0.2, 0.25) is 5.02 Å². The maximum atomic E-state index is 11.2. The van der Waals surface area contributed by atoms with E-state index in [1.165, 1.54) is 24.3 Å². The fourth-order valence-electron chi connectivity index (χ4n) is 1.74. The van der Waals surface area contributed by atoms with Gasteiger partial charge in [-0.1, -0.05) is 29.8 Å². The highest BCUT2D eigenvalue weighted by Crippen LogP contribution is 2.30. The second-order valence-corrected chi connectivity index (χ2v) is 4.35. The SMILES string of the molecule is O=C(O)c1ccccc1Nc1c(Cl)cccc1C(=O)O. The van der Waals surface area contributed by atoms with Gasteiger partial charge in [0.1, 0.15) is 0 Å². The van der Waals surface area contributed by atoms with E-state index in [0.717, 1.165) is 0 Å². The third-order valence-electron chi connectivity index (χ3n) is 2.66. The van der Waals surface area contributed by atoms with Crippen LogP contribution in [0.4, 0.5) is 11.4 Å².